The van der Waals surface area contributed by atoms with Crippen molar-refractivity contribution >= 4 is 17.0 Å². The van der Waals surface area contributed by atoms with Crippen LogP contribution in [-0.4, -0.2) is 25.6 Å². The number of benzene rings is 2. The molecular formula is C28H29N3O3. The largest absolute Gasteiger partial charge is 0.487 e. The van der Waals surface area contributed by atoms with Crippen LogP contribution in [0, 0.1) is 25.2 Å². The van der Waals surface area contributed by atoms with Gasteiger partial charge in [-0.2, -0.15) is 0 Å². The third-order valence-electron chi connectivity index (χ3n) is 7.07. The van der Waals surface area contributed by atoms with Crippen LogP contribution in [0.5, 0.6) is 5.75 Å². The predicted molar refractivity (Wildman–Crippen MR) is 131 cm³/mol. The van der Waals surface area contributed by atoms with Gasteiger partial charge in [-0.05, 0) is 54.2 Å². The van der Waals surface area contributed by atoms with Gasteiger partial charge >= 0.3 is 5.97 Å². The molecule has 2 aromatic heterocycles. The van der Waals surface area contributed by atoms with Crippen LogP contribution in [0.4, 0.5) is 0 Å². The Morgan fingerprint density at radius 1 is 1.12 bits per heavy atom. The molecule has 0 radical (unpaired) electrons. The topological polar surface area (TPSA) is 77.2 Å². The van der Waals surface area contributed by atoms with Crippen molar-refractivity contribution in [2.24, 2.45) is 11.3 Å². The zero-order valence-corrected chi connectivity index (χ0v) is 19.9. The van der Waals surface area contributed by atoms with E-state index in [0.717, 1.165) is 33.9 Å². The maximum Gasteiger partial charge on any atom is 0.307 e. The first kappa shape index (κ1) is 22.1. The highest BCUT2D eigenvalue weighted by Gasteiger charge is 2.64. The van der Waals surface area contributed by atoms with E-state index in [4.69, 9.17) is 9.72 Å². The molecule has 0 aliphatic heterocycles. The Balaban J connectivity index is 1.54. The second-order valence-electron chi connectivity index (χ2n) is 9.86. The fourth-order valence-electron chi connectivity index (χ4n) is 4.89. The Hall–Kier alpha value is -3.67. The van der Waals surface area contributed by atoms with Crippen LogP contribution in [0.15, 0.2) is 60.8 Å². The summed E-state index contributed by atoms with van der Waals surface area (Å²) in [5.41, 5.74) is 5.80. The second-order valence-corrected chi connectivity index (χ2v) is 9.86. The summed E-state index contributed by atoms with van der Waals surface area (Å²) in [4.78, 5) is 21.3. The van der Waals surface area contributed by atoms with E-state index in [1.807, 2.05) is 69.4 Å². The number of nitrogens with zero attached hydrogens (tertiary/aromatic N) is 3. The van der Waals surface area contributed by atoms with Crippen molar-refractivity contribution < 1.29 is 14.6 Å². The lowest BCUT2D eigenvalue weighted by atomic mass is 10.1. The van der Waals surface area contributed by atoms with Crippen molar-refractivity contribution in [1.29, 1.82) is 0 Å². The quantitative estimate of drug-likeness (QED) is 0.398. The SMILES string of the molecule is Cc1ccc(COc2ccc3nc([C@@H]4[C@H](C(=O)O)C4(C)C)n(Cc4ccccc4C)c3c2)nc1. The number of hydrogen-bond acceptors (Lipinski definition) is 4. The molecule has 2 heterocycles. The molecule has 1 N–H and O–H groups in total. The predicted octanol–water partition coefficient (Wildman–Crippen LogP) is 5.50. The summed E-state index contributed by atoms with van der Waals surface area (Å²) in [6, 6.07) is 18.1. The third kappa shape index (κ3) is 3.94. The van der Waals surface area contributed by atoms with Crippen molar-refractivity contribution in [1.82, 2.24) is 14.5 Å². The van der Waals surface area contributed by atoms with Crippen molar-refractivity contribution in [3.05, 3.63) is 89.0 Å². The summed E-state index contributed by atoms with van der Waals surface area (Å²) in [5.74, 6) is 0.218. The molecule has 0 saturated heterocycles. The number of carboxylic acids is 1. The van der Waals surface area contributed by atoms with Gasteiger partial charge in [0.25, 0.3) is 0 Å². The molecule has 0 bridgehead atoms. The van der Waals surface area contributed by atoms with Crippen LogP contribution in [0.3, 0.4) is 0 Å². The number of aryl methyl sites for hydroxylation is 2. The number of imidazole rings is 1. The van der Waals surface area contributed by atoms with Crippen LogP contribution in [-0.2, 0) is 17.9 Å². The van der Waals surface area contributed by atoms with Crippen LogP contribution in [0.25, 0.3) is 11.0 Å². The van der Waals surface area contributed by atoms with Gasteiger partial charge in [0.2, 0.25) is 0 Å². The Morgan fingerprint density at radius 2 is 1.91 bits per heavy atom. The Morgan fingerprint density at radius 3 is 2.59 bits per heavy atom. The maximum absolute atomic E-state index is 11.9. The van der Waals surface area contributed by atoms with E-state index in [1.165, 1.54) is 11.1 Å². The molecule has 34 heavy (non-hydrogen) atoms. The number of pyridine rings is 1. The average molecular weight is 456 g/mol. The van der Waals surface area contributed by atoms with Crippen LogP contribution in [0.1, 0.15) is 48.0 Å². The van der Waals surface area contributed by atoms with E-state index in [0.29, 0.717) is 13.2 Å². The number of aliphatic carboxylic acids is 1. The maximum atomic E-state index is 11.9. The fourth-order valence-corrected chi connectivity index (χ4v) is 4.89. The fraction of sp³-hybridized carbons (Fsp3) is 0.321. The number of carbonyl (C=O) groups is 1. The summed E-state index contributed by atoms with van der Waals surface area (Å²) >= 11 is 0. The molecule has 0 unspecified atom stereocenters. The average Bonchev–Trinajstić information content (AvgIpc) is 3.22. The zero-order valence-electron chi connectivity index (χ0n) is 19.9. The summed E-state index contributed by atoms with van der Waals surface area (Å²) < 4.78 is 8.23. The highest BCUT2D eigenvalue weighted by Crippen LogP contribution is 2.64. The highest BCUT2D eigenvalue weighted by atomic mass is 16.5. The van der Waals surface area contributed by atoms with Gasteiger partial charge in [-0.25, -0.2) is 4.98 Å². The van der Waals surface area contributed by atoms with E-state index in [9.17, 15) is 9.90 Å². The third-order valence-corrected chi connectivity index (χ3v) is 7.07. The lowest BCUT2D eigenvalue weighted by Gasteiger charge is -2.13. The summed E-state index contributed by atoms with van der Waals surface area (Å²) in [6.07, 6.45) is 1.84. The number of ether oxygens (including phenoxy) is 1. The van der Waals surface area contributed by atoms with Crippen LogP contribution >= 0.6 is 0 Å². The molecule has 2 aromatic carbocycles. The zero-order chi connectivity index (χ0) is 24.0. The molecule has 1 fully saturated rings. The molecule has 1 saturated carbocycles. The van der Waals surface area contributed by atoms with Crippen LogP contribution in [0.2, 0.25) is 0 Å². The van der Waals surface area contributed by atoms with Gasteiger partial charge in [0.1, 0.15) is 18.2 Å². The van der Waals surface area contributed by atoms with E-state index in [-0.39, 0.29) is 11.3 Å². The summed E-state index contributed by atoms with van der Waals surface area (Å²) in [7, 11) is 0. The van der Waals surface area contributed by atoms with E-state index in [1.54, 1.807) is 0 Å². The van der Waals surface area contributed by atoms with Crippen molar-refractivity contribution in [2.75, 3.05) is 0 Å². The minimum absolute atomic E-state index is 0.137. The standard InChI is InChI=1S/C28H29N3O3/c1-17-9-10-20(29-14-17)16-34-21-11-12-22-23(13-21)31(15-19-8-6-5-7-18(19)2)26(30-22)24-25(27(32)33)28(24,3)4/h5-14,24-25H,15-16H2,1-4H3,(H,32,33)/t24-,25+/m0/s1. The van der Waals surface area contributed by atoms with E-state index < -0.39 is 11.9 Å². The number of aromatic nitrogens is 3. The smallest absolute Gasteiger partial charge is 0.307 e. The lowest BCUT2D eigenvalue weighted by Crippen LogP contribution is -2.08. The first-order valence-corrected chi connectivity index (χ1v) is 11.6. The monoisotopic (exact) mass is 455 g/mol. The van der Waals surface area contributed by atoms with Gasteiger partial charge in [0.05, 0.1) is 22.6 Å². The Labute approximate surface area is 199 Å². The highest BCUT2D eigenvalue weighted by molar-refractivity contribution is 5.81. The first-order valence-electron chi connectivity index (χ1n) is 11.6. The molecule has 6 nitrogen and oxygen atoms in total. The number of rotatable bonds is 7. The summed E-state index contributed by atoms with van der Waals surface area (Å²) in [5, 5.41) is 9.80. The van der Waals surface area contributed by atoms with Crippen molar-refractivity contribution in [3.8, 4) is 5.75 Å². The van der Waals surface area contributed by atoms with E-state index in [2.05, 4.69) is 28.6 Å². The first-order chi connectivity index (χ1) is 16.3. The van der Waals surface area contributed by atoms with Gasteiger partial charge in [0.15, 0.2) is 0 Å². The number of carboxylic acid groups (broad SMARTS) is 1. The molecule has 1 aliphatic carbocycles. The molecule has 5 rings (SSSR count). The molecule has 4 aromatic rings. The minimum atomic E-state index is -0.765. The van der Waals surface area contributed by atoms with Crippen molar-refractivity contribution in [2.45, 2.75) is 46.8 Å². The number of fused-ring (bicyclic) bond motifs is 1. The Bertz CT molecular complexity index is 1370. The second kappa shape index (κ2) is 8.28. The summed E-state index contributed by atoms with van der Waals surface area (Å²) in [6.45, 7) is 9.13. The molecule has 6 heteroatoms. The van der Waals surface area contributed by atoms with Gasteiger partial charge < -0.3 is 14.4 Å². The normalized spacial score (nSPS) is 18.7. The van der Waals surface area contributed by atoms with Crippen LogP contribution < -0.4 is 4.74 Å². The Kier molecular flexibility index (Phi) is 5.39. The lowest BCUT2D eigenvalue weighted by molar-refractivity contribution is -0.139. The molecule has 174 valence electrons. The van der Waals surface area contributed by atoms with Gasteiger partial charge in [0, 0.05) is 24.7 Å². The number of hydrogen-bond donors (Lipinski definition) is 1. The van der Waals surface area contributed by atoms with Gasteiger partial charge in [-0.3, -0.25) is 9.78 Å². The molecule has 2 atom stereocenters. The van der Waals surface area contributed by atoms with Gasteiger partial charge in [-0.15, -0.1) is 0 Å². The molecular weight excluding hydrogens is 426 g/mol. The minimum Gasteiger partial charge on any atom is -0.487 e. The van der Waals surface area contributed by atoms with Crippen molar-refractivity contribution in [3.63, 3.8) is 0 Å². The molecule has 0 amide bonds. The van der Waals surface area contributed by atoms with Gasteiger partial charge in [-0.1, -0.05) is 44.2 Å². The molecule has 0 spiro atoms. The van der Waals surface area contributed by atoms with E-state index >= 15 is 0 Å². The molecule has 1 aliphatic rings.